The Labute approximate surface area is 179 Å². The number of halogens is 1. The van der Waals surface area contributed by atoms with E-state index in [-0.39, 0.29) is 0 Å². The van der Waals surface area contributed by atoms with Gasteiger partial charge in [-0.2, -0.15) is 0 Å². The van der Waals surface area contributed by atoms with Crippen molar-refractivity contribution in [2.24, 2.45) is 0 Å². The van der Waals surface area contributed by atoms with Crippen LogP contribution in [0, 0.1) is 24.1 Å². The van der Waals surface area contributed by atoms with Crippen molar-refractivity contribution >= 4 is 11.0 Å². The third-order valence-corrected chi connectivity index (χ3v) is 4.56. The zero-order valence-electron chi connectivity index (χ0n) is 17.8. The van der Waals surface area contributed by atoms with Gasteiger partial charge in [0.2, 0.25) is 5.36 Å². The third kappa shape index (κ3) is 7.23. The smallest absolute Gasteiger partial charge is 0.214 e. The van der Waals surface area contributed by atoms with Crippen LogP contribution in [0.5, 0.6) is 0 Å². The molecular weight excluding hydrogens is 406 g/mol. The second-order valence-electron chi connectivity index (χ2n) is 7.23. The maximum atomic E-state index is 8.49. The summed E-state index contributed by atoms with van der Waals surface area (Å²) in [4.78, 5) is 0. The molecule has 0 atom stereocenters. The summed E-state index contributed by atoms with van der Waals surface area (Å²) in [5.41, 5.74) is 4.61. The average Bonchev–Trinajstić information content (AvgIpc) is 2.66. The fraction of sp³-hybridized carbons (Fsp3) is 0.348. The highest BCUT2D eigenvalue weighted by molar-refractivity contribution is 5.79. The van der Waals surface area contributed by atoms with Crippen molar-refractivity contribution in [2.75, 3.05) is 13.1 Å². The number of fused-ring (bicyclic) bond motifs is 1. The van der Waals surface area contributed by atoms with Crippen LogP contribution in [0.4, 0.5) is 0 Å². The molecule has 0 fully saturated rings. The Bertz CT molecular complexity index is 1020. The van der Waals surface area contributed by atoms with Crippen LogP contribution in [0.1, 0.15) is 37.8 Å². The Morgan fingerprint density at radius 1 is 0.800 bits per heavy atom. The van der Waals surface area contributed by atoms with E-state index in [1.807, 2.05) is 0 Å². The van der Waals surface area contributed by atoms with Gasteiger partial charge >= 0.3 is 0 Å². The lowest BCUT2D eigenvalue weighted by Crippen LogP contribution is -2.68. The molecular formula is C23H28ClNO5. The van der Waals surface area contributed by atoms with Crippen LogP contribution >= 0.6 is 0 Å². The first-order valence-electron chi connectivity index (χ1n) is 9.93. The van der Waals surface area contributed by atoms with Crippen molar-refractivity contribution in [3.8, 4) is 11.3 Å². The number of hydrogen-bond donors (Lipinski definition) is 0. The molecule has 0 spiro atoms. The first-order valence-corrected chi connectivity index (χ1v) is 11.2. The Hall–Kier alpha value is -2.22. The molecule has 162 valence electrons. The summed E-state index contributed by atoms with van der Waals surface area (Å²) < 4.78 is 42.7. The topological polar surface area (TPSA) is 108 Å². The molecule has 6 nitrogen and oxygen atoms in total. The number of hydrogen-bond acceptors (Lipinski definition) is 5. The number of benzene rings is 2. The minimum absolute atomic E-state index is 0.934. The second kappa shape index (κ2) is 10.7. The van der Waals surface area contributed by atoms with Crippen LogP contribution in [-0.2, 0) is 0 Å². The minimum Gasteiger partial charge on any atom is -0.456 e. The Kier molecular flexibility index (Phi) is 8.58. The average molecular weight is 434 g/mol. The summed E-state index contributed by atoms with van der Waals surface area (Å²) in [5.74, 6) is 0.934. The van der Waals surface area contributed by atoms with Gasteiger partial charge < -0.3 is 4.42 Å². The van der Waals surface area contributed by atoms with E-state index in [2.05, 4.69) is 80.8 Å². The molecule has 0 bridgehead atoms. The Morgan fingerprint density at radius 2 is 1.33 bits per heavy atom. The van der Waals surface area contributed by atoms with E-state index in [0.29, 0.717) is 0 Å². The van der Waals surface area contributed by atoms with E-state index in [9.17, 15) is 0 Å². The van der Waals surface area contributed by atoms with E-state index in [1.165, 1.54) is 21.9 Å². The lowest BCUT2D eigenvalue weighted by atomic mass is 10.1. The summed E-state index contributed by atoms with van der Waals surface area (Å²) in [6.45, 7) is 10.9. The van der Waals surface area contributed by atoms with Gasteiger partial charge in [-0.15, -0.1) is 10.2 Å². The van der Waals surface area contributed by atoms with E-state index in [0.717, 1.165) is 42.8 Å². The van der Waals surface area contributed by atoms with Crippen LogP contribution in [-0.4, -0.2) is 13.1 Å². The zero-order valence-corrected chi connectivity index (χ0v) is 18.6. The summed E-state index contributed by atoms with van der Waals surface area (Å²) in [6, 6.07) is 17.2. The van der Waals surface area contributed by atoms with Crippen LogP contribution < -0.4 is 28.6 Å². The molecule has 30 heavy (non-hydrogen) atoms. The van der Waals surface area contributed by atoms with E-state index < -0.39 is 10.2 Å². The normalized spacial score (nSPS) is 11.2. The molecule has 0 aliphatic heterocycles. The summed E-state index contributed by atoms with van der Waals surface area (Å²) >= 11 is 0. The van der Waals surface area contributed by atoms with Gasteiger partial charge in [0.15, 0.2) is 0 Å². The van der Waals surface area contributed by atoms with E-state index >= 15 is 0 Å². The number of aryl methyl sites for hydroxylation is 2. The quantitative estimate of drug-likeness (QED) is 0.546. The number of rotatable bonds is 5. The molecule has 1 heterocycles. The van der Waals surface area contributed by atoms with Crippen LogP contribution in [0.15, 0.2) is 52.9 Å². The first kappa shape index (κ1) is 24.1. The predicted molar refractivity (Wildman–Crippen MR) is 107 cm³/mol. The molecule has 0 saturated carbocycles. The van der Waals surface area contributed by atoms with Crippen molar-refractivity contribution in [3.63, 3.8) is 0 Å². The molecule has 0 aliphatic rings. The van der Waals surface area contributed by atoms with Gasteiger partial charge in [-0.1, -0.05) is 55.3 Å². The molecule has 1 aromatic heterocycles. The SMILES string of the molecule is CCC[N+](CCC)=c1cc(-c2ccc(C)cc2)oc2ccc(C)cc12.[O-][Cl+3]([O-])([O-])[O-]. The molecule has 3 rings (SSSR count). The standard InChI is InChI=1S/C23H28NO.ClHO4/c1-5-13-24(14-6-2)21-16-23(19-10-7-17(3)8-11-19)25-22-12-9-18(4)15-20(21)22;2-1(3,4)5/h7-12,15-16H,5-6,13-14H2,1-4H3;(H,2,3,4,5)/q+1;/p-1. The third-order valence-electron chi connectivity index (χ3n) is 4.56. The lowest BCUT2D eigenvalue weighted by Gasteiger charge is -2.17. The number of nitrogens with zero attached hydrogens (tertiary/aromatic N) is 1. The Balaban J connectivity index is 0.000000575. The molecule has 0 radical (unpaired) electrons. The minimum atomic E-state index is -4.94. The molecule has 0 N–H and O–H groups in total. The van der Waals surface area contributed by atoms with Gasteiger partial charge in [-0.25, -0.2) is 23.2 Å². The zero-order chi connectivity index (χ0) is 22.3. The molecule has 0 saturated heterocycles. The highest BCUT2D eigenvalue weighted by atomic mass is 35.7. The van der Waals surface area contributed by atoms with Crippen molar-refractivity contribution in [1.29, 1.82) is 0 Å². The van der Waals surface area contributed by atoms with Gasteiger partial charge in [0, 0.05) is 18.4 Å². The molecule has 2 aromatic carbocycles. The van der Waals surface area contributed by atoms with Crippen LogP contribution in [0.3, 0.4) is 0 Å². The summed E-state index contributed by atoms with van der Waals surface area (Å²) in [7, 11) is -4.94. The lowest BCUT2D eigenvalue weighted by molar-refractivity contribution is -2.00. The first-order chi connectivity index (χ1) is 14.1. The molecule has 7 heteroatoms. The van der Waals surface area contributed by atoms with Crippen LogP contribution in [0.25, 0.3) is 22.3 Å². The van der Waals surface area contributed by atoms with Crippen molar-refractivity contribution in [3.05, 3.63) is 65.0 Å². The fourth-order valence-corrected chi connectivity index (χ4v) is 3.30. The molecule has 0 unspecified atom stereocenters. The highest BCUT2D eigenvalue weighted by Gasteiger charge is 2.13. The van der Waals surface area contributed by atoms with Crippen molar-refractivity contribution < 1.29 is 33.3 Å². The molecule has 0 aliphatic carbocycles. The summed E-state index contributed by atoms with van der Waals surface area (Å²) in [6.07, 6.45) is 2.28. The maximum Gasteiger partial charge on any atom is 0.214 e. The highest BCUT2D eigenvalue weighted by Crippen LogP contribution is 2.23. The van der Waals surface area contributed by atoms with Gasteiger partial charge in [-0.05, 0) is 26.0 Å². The van der Waals surface area contributed by atoms with Gasteiger partial charge in [0.25, 0.3) is 0 Å². The van der Waals surface area contributed by atoms with Gasteiger partial charge in [0.05, 0.1) is 11.5 Å². The van der Waals surface area contributed by atoms with E-state index in [1.54, 1.807) is 0 Å². The monoisotopic (exact) mass is 433 g/mol. The fourth-order valence-electron chi connectivity index (χ4n) is 3.30. The van der Waals surface area contributed by atoms with Crippen molar-refractivity contribution in [2.45, 2.75) is 40.5 Å². The molecule has 0 amide bonds. The van der Waals surface area contributed by atoms with Crippen LogP contribution in [0.2, 0.25) is 0 Å². The maximum absolute atomic E-state index is 8.49. The van der Waals surface area contributed by atoms with Gasteiger partial charge in [-0.3, -0.25) is 0 Å². The van der Waals surface area contributed by atoms with Gasteiger partial charge in [0.1, 0.15) is 24.4 Å². The molecule has 3 aromatic rings. The second-order valence-corrected chi connectivity index (χ2v) is 7.98. The largest absolute Gasteiger partial charge is 0.456 e. The predicted octanol–water partition coefficient (Wildman–Crippen LogP) is 0.553. The Morgan fingerprint density at radius 3 is 1.87 bits per heavy atom. The summed E-state index contributed by atoms with van der Waals surface area (Å²) in [5, 5.41) is 2.49. The van der Waals surface area contributed by atoms with Crippen molar-refractivity contribution in [1.82, 2.24) is 4.58 Å². The van der Waals surface area contributed by atoms with E-state index in [4.69, 9.17) is 23.1 Å².